The van der Waals surface area contributed by atoms with Crippen LogP contribution < -0.4 is 10.6 Å². The van der Waals surface area contributed by atoms with Crippen LogP contribution in [0.3, 0.4) is 0 Å². The predicted molar refractivity (Wildman–Crippen MR) is 117 cm³/mol. The van der Waals surface area contributed by atoms with Gasteiger partial charge in [-0.05, 0) is 35.7 Å². The molecule has 3 rings (SSSR count). The fourth-order valence-corrected chi connectivity index (χ4v) is 3.86. The van der Waals surface area contributed by atoms with Crippen molar-refractivity contribution in [3.05, 3.63) is 69.7 Å². The number of fused-ring (bicyclic) bond motifs is 1. The van der Waals surface area contributed by atoms with Crippen molar-refractivity contribution in [3.63, 3.8) is 0 Å². The molecule has 166 valence electrons. The number of nitrogens with one attached hydrogen (secondary N) is 2. The van der Waals surface area contributed by atoms with E-state index in [9.17, 15) is 24.0 Å². The summed E-state index contributed by atoms with van der Waals surface area (Å²) in [6.07, 6.45) is 1.07. The molecular weight excluding hydrogens is 434 g/mol. The Morgan fingerprint density at radius 3 is 2.62 bits per heavy atom. The van der Waals surface area contributed by atoms with Gasteiger partial charge in [-0.15, -0.1) is 0 Å². The van der Waals surface area contributed by atoms with Gasteiger partial charge in [-0.3, -0.25) is 19.2 Å². The number of nitrogens with zero attached hydrogens (tertiary/aromatic N) is 1. The van der Waals surface area contributed by atoms with Crippen LogP contribution >= 0.6 is 11.6 Å². The first-order chi connectivity index (χ1) is 15.4. The van der Waals surface area contributed by atoms with E-state index < -0.39 is 17.7 Å². The van der Waals surface area contributed by atoms with Gasteiger partial charge in [-0.1, -0.05) is 35.9 Å². The van der Waals surface area contributed by atoms with Gasteiger partial charge in [0.25, 0.3) is 11.8 Å². The van der Waals surface area contributed by atoms with Gasteiger partial charge < -0.3 is 20.3 Å². The van der Waals surface area contributed by atoms with E-state index in [2.05, 4.69) is 10.6 Å². The van der Waals surface area contributed by atoms with Crippen molar-refractivity contribution in [2.45, 2.75) is 32.0 Å². The molecule has 2 aromatic rings. The molecule has 2 N–H and O–H groups in total. The van der Waals surface area contributed by atoms with Gasteiger partial charge in [-0.2, -0.15) is 0 Å². The zero-order valence-corrected chi connectivity index (χ0v) is 18.1. The smallest absolute Gasteiger partial charge is 0.292 e. The fourth-order valence-electron chi connectivity index (χ4n) is 3.67. The van der Waals surface area contributed by atoms with Gasteiger partial charge in [0.15, 0.2) is 0 Å². The van der Waals surface area contributed by atoms with Crippen LogP contribution in [0.25, 0.3) is 0 Å². The van der Waals surface area contributed by atoms with Gasteiger partial charge in [0.2, 0.25) is 11.7 Å². The number of aldehydes is 1. The zero-order valence-electron chi connectivity index (χ0n) is 17.4. The second-order valence-electron chi connectivity index (χ2n) is 7.27. The second kappa shape index (κ2) is 10.2. The Labute approximate surface area is 189 Å². The van der Waals surface area contributed by atoms with Crippen molar-refractivity contribution in [2.24, 2.45) is 0 Å². The van der Waals surface area contributed by atoms with Crippen molar-refractivity contribution in [1.29, 1.82) is 0 Å². The van der Waals surface area contributed by atoms with E-state index in [1.54, 1.807) is 30.3 Å². The highest BCUT2D eigenvalue weighted by atomic mass is 35.5. The van der Waals surface area contributed by atoms with Gasteiger partial charge in [-0.25, -0.2) is 0 Å². The zero-order chi connectivity index (χ0) is 23.3. The number of amides is 3. The van der Waals surface area contributed by atoms with Gasteiger partial charge in [0.1, 0.15) is 12.3 Å². The number of hydrogen-bond acceptors (Lipinski definition) is 5. The predicted octanol–water partition coefficient (Wildman–Crippen LogP) is 1.89. The fraction of sp³-hybridized carbons (Fsp3) is 0.261. The summed E-state index contributed by atoms with van der Waals surface area (Å²) in [5, 5.41) is 5.47. The summed E-state index contributed by atoms with van der Waals surface area (Å²) >= 11 is 5.88. The monoisotopic (exact) mass is 455 g/mol. The highest BCUT2D eigenvalue weighted by molar-refractivity contribution is 6.43. The number of carbonyl (C=O) groups is 5. The second-order valence-corrected chi connectivity index (χ2v) is 7.71. The number of Topliss-reactive ketones (excluding diaryl/α,β-unsaturated/α-hetero) is 1. The number of carbonyl (C=O) groups excluding carboxylic acids is 5. The van der Waals surface area contributed by atoms with E-state index in [1.165, 1.54) is 24.1 Å². The number of hydrogen-bond donors (Lipinski definition) is 2. The minimum Gasteiger partial charge on any atom is -0.357 e. The number of benzene rings is 2. The van der Waals surface area contributed by atoms with E-state index >= 15 is 0 Å². The Hall–Kier alpha value is -3.52. The largest absolute Gasteiger partial charge is 0.357 e. The lowest BCUT2D eigenvalue weighted by Crippen LogP contribution is -2.46. The minimum absolute atomic E-state index is 0.0361. The van der Waals surface area contributed by atoms with Crippen LogP contribution in [0.15, 0.2) is 42.5 Å². The summed E-state index contributed by atoms with van der Waals surface area (Å²) in [4.78, 5) is 62.2. The molecule has 0 aromatic heterocycles. The molecule has 0 bridgehead atoms. The molecule has 0 spiro atoms. The standard InChI is InChI=1S/C23H22ClN3O5/c1-25-21(30)19(9-4-10-28)27-13-18-15(6-3-8-17(18)23(27)32)12-26-22(31)20(29)14-5-2-7-16(24)11-14/h2-3,5-8,10-11,19H,4,9,12-13H2,1H3,(H,25,30)(H,26,31). The van der Waals surface area contributed by atoms with Gasteiger partial charge in [0.05, 0.1) is 0 Å². The first-order valence-electron chi connectivity index (χ1n) is 10.0. The molecule has 8 nitrogen and oxygen atoms in total. The maximum Gasteiger partial charge on any atom is 0.292 e. The maximum atomic E-state index is 12.9. The molecular formula is C23H22ClN3O5. The van der Waals surface area contributed by atoms with Crippen LogP contribution in [0.1, 0.15) is 44.7 Å². The summed E-state index contributed by atoms with van der Waals surface area (Å²) < 4.78 is 0. The molecule has 9 heteroatoms. The third kappa shape index (κ3) is 4.86. The molecule has 1 aliphatic rings. The van der Waals surface area contributed by atoms with Crippen LogP contribution in [0.4, 0.5) is 0 Å². The quantitative estimate of drug-likeness (QED) is 0.340. The van der Waals surface area contributed by atoms with Crippen LogP contribution in [0, 0.1) is 0 Å². The van der Waals surface area contributed by atoms with Crippen molar-refractivity contribution in [1.82, 2.24) is 15.5 Å². The molecule has 1 aliphatic heterocycles. The van der Waals surface area contributed by atoms with Crippen LogP contribution in [-0.2, 0) is 27.5 Å². The molecule has 1 heterocycles. The average Bonchev–Trinajstić information content (AvgIpc) is 3.13. The van der Waals surface area contributed by atoms with E-state index in [0.29, 0.717) is 28.0 Å². The molecule has 0 fully saturated rings. The Kier molecular flexibility index (Phi) is 7.37. The number of halogens is 1. The topological polar surface area (TPSA) is 113 Å². The molecule has 0 saturated heterocycles. The highest BCUT2D eigenvalue weighted by Crippen LogP contribution is 2.29. The summed E-state index contributed by atoms with van der Waals surface area (Å²) in [7, 11) is 1.47. The lowest BCUT2D eigenvalue weighted by Gasteiger charge is -2.25. The first-order valence-corrected chi connectivity index (χ1v) is 10.4. The molecule has 0 saturated carbocycles. The van der Waals surface area contributed by atoms with Crippen molar-refractivity contribution in [3.8, 4) is 0 Å². The summed E-state index contributed by atoms with van der Waals surface area (Å²) in [6.45, 7) is 0.202. The number of rotatable bonds is 9. The van der Waals surface area contributed by atoms with E-state index in [0.717, 1.165) is 0 Å². The van der Waals surface area contributed by atoms with Crippen LogP contribution in [-0.4, -0.2) is 47.8 Å². The third-order valence-electron chi connectivity index (χ3n) is 5.31. The van der Waals surface area contributed by atoms with Gasteiger partial charge in [0, 0.05) is 42.7 Å². The summed E-state index contributed by atoms with van der Waals surface area (Å²) in [6, 6.07) is 10.4. The average molecular weight is 456 g/mol. The van der Waals surface area contributed by atoms with Crippen LogP contribution in [0.5, 0.6) is 0 Å². The molecule has 0 aliphatic carbocycles. The Morgan fingerprint density at radius 1 is 1.19 bits per heavy atom. The molecule has 2 aromatic carbocycles. The van der Waals surface area contributed by atoms with E-state index in [-0.39, 0.29) is 43.3 Å². The summed E-state index contributed by atoms with van der Waals surface area (Å²) in [5.74, 6) is -2.18. The molecule has 1 unspecified atom stereocenters. The third-order valence-corrected chi connectivity index (χ3v) is 5.54. The normalized spacial score (nSPS) is 13.3. The lowest BCUT2D eigenvalue weighted by atomic mass is 10.0. The molecule has 32 heavy (non-hydrogen) atoms. The van der Waals surface area contributed by atoms with E-state index in [1.807, 2.05) is 0 Å². The van der Waals surface area contributed by atoms with E-state index in [4.69, 9.17) is 11.6 Å². The van der Waals surface area contributed by atoms with Crippen molar-refractivity contribution in [2.75, 3.05) is 7.05 Å². The molecule has 3 amide bonds. The molecule has 0 radical (unpaired) electrons. The van der Waals surface area contributed by atoms with Crippen molar-refractivity contribution >= 4 is 41.4 Å². The Bertz CT molecular complexity index is 1090. The van der Waals surface area contributed by atoms with Gasteiger partial charge >= 0.3 is 0 Å². The lowest BCUT2D eigenvalue weighted by molar-refractivity contribution is -0.125. The Morgan fingerprint density at radius 2 is 1.94 bits per heavy atom. The maximum absolute atomic E-state index is 12.9. The number of ketones is 1. The minimum atomic E-state index is -0.791. The summed E-state index contributed by atoms with van der Waals surface area (Å²) in [5.41, 5.74) is 1.95. The molecule has 1 atom stereocenters. The number of likely N-dealkylation sites (N-methyl/N-ethyl adjacent to an activating group) is 1. The highest BCUT2D eigenvalue weighted by Gasteiger charge is 2.36. The first kappa shape index (κ1) is 23.1. The Balaban J connectivity index is 1.75. The SMILES string of the molecule is CNC(=O)C(CCC=O)N1Cc2c(CNC(=O)C(=O)c3cccc(Cl)c3)cccc2C1=O. The van der Waals surface area contributed by atoms with Crippen LogP contribution in [0.2, 0.25) is 5.02 Å². The van der Waals surface area contributed by atoms with Crippen molar-refractivity contribution < 1.29 is 24.0 Å².